The first-order valence-corrected chi connectivity index (χ1v) is 17.9. The molecule has 5 heteroatoms. The number of para-hydroxylation sites is 6. The molecule has 0 bridgehead atoms. The van der Waals surface area contributed by atoms with E-state index in [1.54, 1.807) is 0 Å². The third-order valence-electron chi connectivity index (χ3n) is 11.3. The predicted octanol–water partition coefficient (Wildman–Crippen LogP) is 9.76. The first-order chi connectivity index (χ1) is 25.8. The van der Waals surface area contributed by atoms with E-state index in [0.29, 0.717) is 0 Å². The fourth-order valence-electron chi connectivity index (χ4n) is 9.25. The van der Waals surface area contributed by atoms with Gasteiger partial charge in [0.2, 0.25) is 0 Å². The van der Waals surface area contributed by atoms with Gasteiger partial charge < -0.3 is 14.0 Å². The SMILES string of the molecule is [U+2].[c-]1ccccc1N(c1[c-]cccc1)c1ccc(-c2cc3c4c(c2)-n2c5ccccc5c5cccc(c52)B4c2cccc4c5ccccc5n-3c24)cc1. The molecule has 0 saturated heterocycles. The molecule has 8 aromatic carbocycles. The van der Waals surface area contributed by atoms with Crippen LogP contribution in [-0.4, -0.2) is 15.8 Å². The minimum absolute atomic E-state index is 0. The summed E-state index contributed by atoms with van der Waals surface area (Å²) in [5.41, 5.74) is 17.1. The van der Waals surface area contributed by atoms with E-state index < -0.39 is 0 Å². The van der Waals surface area contributed by atoms with E-state index in [9.17, 15) is 0 Å². The van der Waals surface area contributed by atoms with Crippen LogP contribution in [0.3, 0.4) is 0 Å². The molecule has 53 heavy (non-hydrogen) atoms. The van der Waals surface area contributed by atoms with Crippen molar-refractivity contribution in [2.75, 3.05) is 4.90 Å². The summed E-state index contributed by atoms with van der Waals surface area (Å²) in [4.78, 5) is 2.21. The molecule has 0 saturated carbocycles. The van der Waals surface area contributed by atoms with Gasteiger partial charge in [0.25, 0.3) is 6.71 Å². The van der Waals surface area contributed by atoms with E-state index in [2.05, 4.69) is 172 Å². The summed E-state index contributed by atoms with van der Waals surface area (Å²) in [5.74, 6) is 0. The minimum atomic E-state index is 0. The van der Waals surface area contributed by atoms with Crippen LogP contribution in [0.25, 0.3) is 66.1 Å². The van der Waals surface area contributed by atoms with Crippen LogP contribution in [0.4, 0.5) is 17.1 Å². The molecule has 0 N–H and O–H groups in total. The molecule has 2 aliphatic heterocycles. The molecule has 4 heterocycles. The number of benzene rings is 8. The van der Waals surface area contributed by atoms with Crippen molar-refractivity contribution in [3.05, 3.63) is 182 Å². The molecule has 2 aromatic heterocycles. The summed E-state index contributed by atoms with van der Waals surface area (Å²) >= 11 is 0. The van der Waals surface area contributed by atoms with Crippen molar-refractivity contribution in [3.8, 4) is 22.5 Å². The fraction of sp³-hybridized carbons (Fsp3) is 0. The maximum absolute atomic E-state index is 3.43. The predicted molar refractivity (Wildman–Crippen MR) is 218 cm³/mol. The summed E-state index contributed by atoms with van der Waals surface area (Å²) < 4.78 is 5.09. The summed E-state index contributed by atoms with van der Waals surface area (Å²) in [6.45, 7) is 0.125. The van der Waals surface area contributed by atoms with Gasteiger partial charge in [-0.3, -0.25) is 0 Å². The fourth-order valence-corrected chi connectivity index (χ4v) is 9.25. The summed E-state index contributed by atoms with van der Waals surface area (Å²) in [5, 5.41) is 5.20. The van der Waals surface area contributed by atoms with Crippen LogP contribution >= 0.6 is 0 Å². The third kappa shape index (κ3) is 4.24. The van der Waals surface area contributed by atoms with E-state index in [4.69, 9.17) is 0 Å². The van der Waals surface area contributed by atoms with Crippen LogP contribution in [0.1, 0.15) is 0 Å². The first kappa shape index (κ1) is 30.9. The van der Waals surface area contributed by atoms with Crippen molar-refractivity contribution in [1.29, 1.82) is 0 Å². The van der Waals surface area contributed by atoms with Gasteiger partial charge in [-0.25, -0.2) is 0 Å². The van der Waals surface area contributed by atoms with Crippen molar-refractivity contribution in [1.82, 2.24) is 9.13 Å². The Morgan fingerprint density at radius 1 is 0.453 bits per heavy atom. The van der Waals surface area contributed by atoms with Crippen LogP contribution < -0.4 is 21.3 Å². The number of hydrogen-bond acceptors (Lipinski definition) is 1. The Morgan fingerprint density at radius 3 is 1.45 bits per heavy atom. The van der Waals surface area contributed by atoms with Crippen LogP contribution in [0.5, 0.6) is 0 Å². The average molecular weight is 896 g/mol. The van der Waals surface area contributed by atoms with Gasteiger partial charge in [0.1, 0.15) is 0 Å². The second-order valence-electron chi connectivity index (χ2n) is 13.9. The molecule has 242 valence electrons. The number of aromatic nitrogens is 2. The van der Waals surface area contributed by atoms with Crippen LogP contribution in [0, 0.1) is 43.2 Å². The third-order valence-corrected chi connectivity index (χ3v) is 11.3. The monoisotopic (exact) mass is 895 g/mol. The Bertz CT molecular complexity index is 2890. The van der Waals surface area contributed by atoms with Crippen molar-refractivity contribution in [2.24, 2.45) is 0 Å². The first-order valence-electron chi connectivity index (χ1n) is 17.9. The molecule has 2 aliphatic rings. The zero-order valence-electron chi connectivity index (χ0n) is 28.6. The van der Waals surface area contributed by atoms with E-state index in [-0.39, 0.29) is 37.8 Å². The Kier molecular flexibility index (Phi) is 6.78. The van der Waals surface area contributed by atoms with E-state index in [1.807, 2.05) is 24.3 Å². The van der Waals surface area contributed by atoms with Gasteiger partial charge in [0.15, 0.2) is 0 Å². The molecular formula is C48H28BN3U. The maximum Gasteiger partial charge on any atom is 2.00 e. The van der Waals surface area contributed by atoms with E-state index in [0.717, 1.165) is 17.1 Å². The molecule has 0 radical (unpaired) electrons. The summed E-state index contributed by atoms with van der Waals surface area (Å²) in [6.07, 6.45) is 0. The van der Waals surface area contributed by atoms with Crippen molar-refractivity contribution in [2.45, 2.75) is 0 Å². The Morgan fingerprint density at radius 2 is 0.943 bits per heavy atom. The second kappa shape index (κ2) is 11.6. The van der Waals surface area contributed by atoms with E-state index >= 15 is 0 Å². The quantitative estimate of drug-likeness (QED) is 0.127. The number of hydrogen-bond donors (Lipinski definition) is 0. The molecule has 0 atom stereocenters. The molecule has 0 fully saturated rings. The molecule has 0 unspecified atom stereocenters. The molecule has 0 spiro atoms. The van der Waals surface area contributed by atoms with Crippen molar-refractivity contribution < 1.29 is 31.1 Å². The number of rotatable bonds is 4. The van der Waals surface area contributed by atoms with Gasteiger partial charge in [-0.05, 0) is 63.9 Å². The number of anilines is 3. The molecule has 3 nitrogen and oxygen atoms in total. The molecule has 0 amide bonds. The molecular weight excluding hydrogens is 867 g/mol. The van der Waals surface area contributed by atoms with Gasteiger partial charge in [0.05, 0.1) is 11.0 Å². The molecule has 0 aliphatic carbocycles. The Balaban J connectivity index is 0.00000331. The number of fused-ring (bicyclic) bond motifs is 10. The number of nitrogens with zero attached hydrogens (tertiary/aromatic N) is 3. The van der Waals surface area contributed by atoms with Crippen LogP contribution in [0.2, 0.25) is 0 Å². The molecule has 12 rings (SSSR count). The topological polar surface area (TPSA) is 13.1 Å². The van der Waals surface area contributed by atoms with Gasteiger partial charge in [0, 0.05) is 49.6 Å². The van der Waals surface area contributed by atoms with Crippen LogP contribution in [-0.2, 0) is 0 Å². The summed E-state index contributed by atoms with van der Waals surface area (Å²) in [6, 6.07) is 68.6. The van der Waals surface area contributed by atoms with Gasteiger partial charge >= 0.3 is 31.1 Å². The van der Waals surface area contributed by atoms with Crippen molar-refractivity contribution >= 4 is 83.8 Å². The van der Waals surface area contributed by atoms with Crippen molar-refractivity contribution in [3.63, 3.8) is 0 Å². The standard InChI is InChI=1S/C48H28BN3.U/c1-3-13-33(14-4-1)50(34-15-5-2-6-16-34)35-27-25-31(26-28-35)32-29-44-46-45(30-32)52-43-24-10-8-18-37(43)39-20-12-22-41(48(39)52)49(46)40-21-11-19-38-36-17-7-9-23-42(36)51(44)47(38)40;/h1-13,15,17-30H;/q-2;+2. The second-order valence-corrected chi connectivity index (χ2v) is 13.9. The molecule has 10 aromatic rings. The van der Waals surface area contributed by atoms with Gasteiger partial charge in [-0.1, -0.05) is 96.3 Å². The Labute approximate surface area is 331 Å². The zero-order valence-corrected chi connectivity index (χ0v) is 32.7. The minimum Gasteiger partial charge on any atom is -0.359 e. The van der Waals surface area contributed by atoms with Gasteiger partial charge in [-0.15, -0.1) is 12.1 Å². The normalized spacial score (nSPS) is 12.3. The maximum atomic E-state index is 3.43. The Hall–Kier alpha value is -5.72. The summed E-state index contributed by atoms with van der Waals surface area (Å²) in [7, 11) is 0. The largest absolute Gasteiger partial charge is 2.00 e. The average Bonchev–Trinajstić information content (AvgIpc) is 3.74. The smallest absolute Gasteiger partial charge is 0.359 e. The zero-order chi connectivity index (χ0) is 33.9. The van der Waals surface area contributed by atoms with Gasteiger partial charge in [-0.2, -0.15) is 48.5 Å². The van der Waals surface area contributed by atoms with E-state index in [1.165, 1.54) is 82.5 Å². The van der Waals surface area contributed by atoms with Crippen LogP contribution in [0.15, 0.2) is 170 Å².